The van der Waals surface area contributed by atoms with E-state index in [1.165, 1.54) is 6.33 Å². The van der Waals surface area contributed by atoms with Gasteiger partial charge in [-0.1, -0.05) is 18.5 Å². The third-order valence-corrected chi connectivity index (χ3v) is 2.60. The molecule has 78 valence electrons. The van der Waals surface area contributed by atoms with Crippen LogP contribution in [-0.2, 0) is 6.42 Å². The van der Waals surface area contributed by atoms with Crippen molar-refractivity contribution in [2.24, 2.45) is 0 Å². The summed E-state index contributed by atoms with van der Waals surface area (Å²) < 4.78 is 1.91. The molecule has 2 aromatic rings. The van der Waals surface area contributed by atoms with Crippen molar-refractivity contribution >= 4 is 11.6 Å². The average Bonchev–Trinajstić information content (AvgIpc) is 2.64. The SMILES string of the molecule is CCc1c(Cl)ncnc1-n1ccnc1C. The van der Waals surface area contributed by atoms with Gasteiger partial charge in [0, 0.05) is 18.0 Å². The summed E-state index contributed by atoms with van der Waals surface area (Å²) in [5, 5.41) is 0.510. The topological polar surface area (TPSA) is 43.6 Å². The zero-order valence-corrected chi connectivity index (χ0v) is 9.36. The normalized spacial score (nSPS) is 10.6. The summed E-state index contributed by atoms with van der Waals surface area (Å²) in [7, 11) is 0. The Balaban J connectivity index is 2.63. The van der Waals surface area contributed by atoms with Crippen molar-refractivity contribution in [2.75, 3.05) is 0 Å². The maximum atomic E-state index is 6.01. The van der Waals surface area contributed by atoms with Gasteiger partial charge >= 0.3 is 0 Å². The second kappa shape index (κ2) is 3.98. The van der Waals surface area contributed by atoms with Crippen LogP contribution in [0.15, 0.2) is 18.7 Å². The minimum absolute atomic E-state index is 0.510. The van der Waals surface area contributed by atoms with Crippen molar-refractivity contribution in [2.45, 2.75) is 20.3 Å². The highest BCUT2D eigenvalue weighted by Gasteiger charge is 2.10. The van der Waals surface area contributed by atoms with Gasteiger partial charge in [0.15, 0.2) is 0 Å². The fourth-order valence-electron chi connectivity index (χ4n) is 1.50. The Morgan fingerprint density at radius 1 is 1.33 bits per heavy atom. The van der Waals surface area contributed by atoms with Crippen LogP contribution in [0.5, 0.6) is 0 Å². The molecule has 0 unspecified atom stereocenters. The molecular weight excluding hydrogens is 212 g/mol. The van der Waals surface area contributed by atoms with Gasteiger partial charge in [-0.3, -0.25) is 4.57 Å². The highest BCUT2D eigenvalue weighted by molar-refractivity contribution is 6.30. The summed E-state index contributed by atoms with van der Waals surface area (Å²) in [4.78, 5) is 12.4. The number of rotatable bonds is 2. The molecule has 0 aliphatic rings. The lowest BCUT2D eigenvalue weighted by atomic mass is 10.2. The molecular formula is C10H11ClN4. The molecule has 0 radical (unpaired) electrons. The summed E-state index contributed by atoms with van der Waals surface area (Å²) in [6.45, 7) is 3.95. The first kappa shape index (κ1) is 10.1. The summed E-state index contributed by atoms with van der Waals surface area (Å²) in [5.41, 5.74) is 0.945. The smallest absolute Gasteiger partial charge is 0.146 e. The molecule has 0 aliphatic heterocycles. The predicted molar refractivity (Wildman–Crippen MR) is 58.3 cm³/mol. The summed E-state index contributed by atoms with van der Waals surface area (Å²) in [6, 6.07) is 0. The predicted octanol–water partition coefficient (Wildman–Crippen LogP) is 2.19. The van der Waals surface area contributed by atoms with Crippen molar-refractivity contribution in [3.05, 3.63) is 35.3 Å². The van der Waals surface area contributed by atoms with Gasteiger partial charge in [0.2, 0.25) is 0 Å². The quantitative estimate of drug-likeness (QED) is 0.732. The second-order valence-corrected chi connectivity index (χ2v) is 3.52. The Bertz CT molecular complexity index is 478. The van der Waals surface area contributed by atoms with Gasteiger partial charge in [0.1, 0.15) is 23.1 Å². The maximum Gasteiger partial charge on any atom is 0.146 e. The molecule has 0 saturated carbocycles. The standard InChI is InChI=1S/C10H11ClN4/c1-3-8-9(11)13-6-14-10(8)15-5-4-12-7(15)2/h4-6H,3H2,1-2H3. The third-order valence-electron chi connectivity index (χ3n) is 2.28. The Hall–Kier alpha value is -1.42. The number of imidazole rings is 1. The van der Waals surface area contributed by atoms with Gasteiger partial charge in [0.25, 0.3) is 0 Å². The monoisotopic (exact) mass is 222 g/mol. The van der Waals surface area contributed by atoms with Crippen molar-refractivity contribution in [1.29, 1.82) is 0 Å². The van der Waals surface area contributed by atoms with Gasteiger partial charge < -0.3 is 0 Å². The van der Waals surface area contributed by atoms with Crippen LogP contribution in [-0.4, -0.2) is 19.5 Å². The van der Waals surface area contributed by atoms with Gasteiger partial charge in [0.05, 0.1) is 0 Å². The zero-order valence-electron chi connectivity index (χ0n) is 8.61. The lowest BCUT2D eigenvalue weighted by molar-refractivity contribution is 0.886. The second-order valence-electron chi connectivity index (χ2n) is 3.16. The van der Waals surface area contributed by atoms with Crippen LogP contribution in [0.2, 0.25) is 5.15 Å². The molecule has 0 N–H and O–H groups in total. The van der Waals surface area contributed by atoms with E-state index in [1.807, 2.05) is 24.6 Å². The van der Waals surface area contributed by atoms with Crippen molar-refractivity contribution in [3.8, 4) is 5.82 Å². The van der Waals surface area contributed by atoms with Gasteiger partial charge in [-0.2, -0.15) is 0 Å². The van der Waals surface area contributed by atoms with E-state index in [4.69, 9.17) is 11.6 Å². The molecule has 0 aliphatic carbocycles. The van der Waals surface area contributed by atoms with E-state index in [0.29, 0.717) is 5.15 Å². The number of hydrogen-bond acceptors (Lipinski definition) is 3. The van der Waals surface area contributed by atoms with Crippen LogP contribution in [0.4, 0.5) is 0 Å². The van der Waals surface area contributed by atoms with Crippen molar-refractivity contribution in [1.82, 2.24) is 19.5 Å². The highest BCUT2D eigenvalue weighted by atomic mass is 35.5. The number of aromatic nitrogens is 4. The van der Waals surface area contributed by atoms with Gasteiger partial charge in [-0.15, -0.1) is 0 Å². The Labute approximate surface area is 93.0 Å². The number of hydrogen-bond donors (Lipinski definition) is 0. The minimum atomic E-state index is 0.510. The molecule has 0 fully saturated rings. The van der Waals surface area contributed by atoms with Crippen LogP contribution in [0.3, 0.4) is 0 Å². The summed E-state index contributed by atoms with van der Waals surface area (Å²) in [5.74, 6) is 1.70. The summed E-state index contributed by atoms with van der Waals surface area (Å²) in [6.07, 6.45) is 5.88. The average molecular weight is 223 g/mol. The van der Waals surface area contributed by atoms with Crippen LogP contribution >= 0.6 is 11.6 Å². The molecule has 0 atom stereocenters. The van der Waals surface area contributed by atoms with E-state index < -0.39 is 0 Å². The van der Waals surface area contributed by atoms with Crippen LogP contribution in [0, 0.1) is 6.92 Å². The lowest BCUT2D eigenvalue weighted by Gasteiger charge is -2.09. The number of halogens is 1. The fraction of sp³-hybridized carbons (Fsp3) is 0.300. The van der Waals surface area contributed by atoms with E-state index in [9.17, 15) is 0 Å². The molecule has 0 saturated heterocycles. The molecule has 0 spiro atoms. The molecule has 2 heterocycles. The Morgan fingerprint density at radius 2 is 2.13 bits per heavy atom. The lowest BCUT2D eigenvalue weighted by Crippen LogP contribution is -2.04. The van der Waals surface area contributed by atoms with E-state index in [1.54, 1.807) is 6.20 Å². The molecule has 0 bridgehead atoms. The van der Waals surface area contributed by atoms with E-state index >= 15 is 0 Å². The third kappa shape index (κ3) is 1.72. The largest absolute Gasteiger partial charge is 0.288 e. The van der Waals surface area contributed by atoms with Gasteiger partial charge in [-0.05, 0) is 13.3 Å². The van der Waals surface area contributed by atoms with Crippen LogP contribution < -0.4 is 0 Å². The molecule has 5 heteroatoms. The zero-order chi connectivity index (χ0) is 10.8. The maximum absolute atomic E-state index is 6.01. The van der Waals surface area contributed by atoms with Crippen LogP contribution in [0.25, 0.3) is 5.82 Å². The highest BCUT2D eigenvalue weighted by Crippen LogP contribution is 2.20. The molecule has 2 aromatic heterocycles. The Kier molecular flexibility index (Phi) is 2.68. The van der Waals surface area contributed by atoms with Crippen molar-refractivity contribution in [3.63, 3.8) is 0 Å². The number of aryl methyl sites for hydroxylation is 1. The first-order valence-electron chi connectivity index (χ1n) is 4.73. The van der Waals surface area contributed by atoms with E-state index in [2.05, 4.69) is 15.0 Å². The molecule has 0 aromatic carbocycles. The Morgan fingerprint density at radius 3 is 2.73 bits per heavy atom. The first-order chi connectivity index (χ1) is 7.24. The molecule has 2 rings (SSSR count). The first-order valence-corrected chi connectivity index (χ1v) is 5.11. The summed E-state index contributed by atoms with van der Waals surface area (Å²) >= 11 is 6.01. The molecule has 15 heavy (non-hydrogen) atoms. The minimum Gasteiger partial charge on any atom is -0.288 e. The van der Waals surface area contributed by atoms with Crippen molar-refractivity contribution < 1.29 is 0 Å². The molecule has 4 nitrogen and oxygen atoms in total. The number of nitrogens with zero attached hydrogens (tertiary/aromatic N) is 4. The van der Waals surface area contributed by atoms with Crippen LogP contribution in [0.1, 0.15) is 18.3 Å². The van der Waals surface area contributed by atoms with E-state index in [0.717, 1.165) is 23.6 Å². The fourth-order valence-corrected chi connectivity index (χ4v) is 1.76. The molecule has 0 amide bonds. The van der Waals surface area contributed by atoms with Gasteiger partial charge in [-0.25, -0.2) is 15.0 Å². The van der Waals surface area contributed by atoms with E-state index in [-0.39, 0.29) is 0 Å².